The molecule has 2 amide bonds. The number of rotatable bonds is 13. The van der Waals surface area contributed by atoms with Crippen LogP contribution >= 0.6 is 23.4 Å². The van der Waals surface area contributed by atoms with Gasteiger partial charge in [-0.1, -0.05) is 55.1 Å². The van der Waals surface area contributed by atoms with E-state index in [4.69, 9.17) is 16.3 Å². The van der Waals surface area contributed by atoms with Crippen molar-refractivity contribution in [2.24, 2.45) is 0 Å². The molecule has 0 heterocycles. The van der Waals surface area contributed by atoms with Crippen LogP contribution in [0.2, 0.25) is 5.02 Å². The minimum atomic E-state index is -4.22. The molecule has 3 aromatic rings. The van der Waals surface area contributed by atoms with E-state index in [9.17, 15) is 18.0 Å². The molecule has 0 spiro atoms. The Morgan fingerprint density at radius 3 is 2.39 bits per heavy atom. The Bertz CT molecular complexity index is 1530. The minimum absolute atomic E-state index is 0.0406. The van der Waals surface area contributed by atoms with Gasteiger partial charge >= 0.3 is 0 Å². The van der Waals surface area contributed by atoms with Crippen molar-refractivity contribution in [2.45, 2.75) is 74.4 Å². The van der Waals surface area contributed by atoms with Crippen LogP contribution in [0.3, 0.4) is 0 Å². The topological polar surface area (TPSA) is 96.0 Å². The molecule has 1 saturated carbocycles. The van der Waals surface area contributed by atoms with Crippen LogP contribution in [0.4, 0.5) is 5.69 Å². The fraction of sp³-hybridized carbons (Fsp3) is 0.394. The van der Waals surface area contributed by atoms with E-state index in [1.165, 1.54) is 28.8 Å². The summed E-state index contributed by atoms with van der Waals surface area (Å²) in [6, 6.07) is 19.5. The third-order valence-electron chi connectivity index (χ3n) is 7.72. The molecule has 1 N–H and O–H groups in total. The largest absolute Gasteiger partial charge is 0.492 e. The zero-order valence-electron chi connectivity index (χ0n) is 25.4. The molecule has 11 heteroatoms. The van der Waals surface area contributed by atoms with Gasteiger partial charge in [-0.15, -0.1) is 11.8 Å². The molecular weight excluding hydrogens is 618 g/mol. The van der Waals surface area contributed by atoms with Gasteiger partial charge in [0.15, 0.2) is 0 Å². The Morgan fingerprint density at radius 2 is 1.73 bits per heavy atom. The summed E-state index contributed by atoms with van der Waals surface area (Å²) in [7, 11) is -4.22. The number of hydrogen-bond donors (Lipinski definition) is 1. The van der Waals surface area contributed by atoms with Crippen LogP contribution in [0, 0.1) is 0 Å². The highest BCUT2D eigenvalue weighted by Crippen LogP contribution is 2.33. The average Bonchev–Trinajstić information content (AvgIpc) is 3.03. The van der Waals surface area contributed by atoms with Crippen LogP contribution in [0.1, 0.15) is 51.5 Å². The number of thioether (sulfide) groups is 1. The fourth-order valence-electron chi connectivity index (χ4n) is 5.31. The molecule has 0 radical (unpaired) electrons. The number of hydrogen-bond acceptors (Lipinski definition) is 6. The van der Waals surface area contributed by atoms with Crippen molar-refractivity contribution in [3.8, 4) is 5.75 Å². The van der Waals surface area contributed by atoms with E-state index in [1.54, 1.807) is 68.4 Å². The summed E-state index contributed by atoms with van der Waals surface area (Å²) < 4.78 is 35.3. The van der Waals surface area contributed by atoms with E-state index < -0.39 is 28.5 Å². The molecular formula is C33H40ClN3O5S2. The third kappa shape index (κ3) is 8.49. The van der Waals surface area contributed by atoms with Crippen molar-refractivity contribution in [3.63, 3.8) is 0 Å². The standard InChI is InChI=1S/C33H40ClN3O5S2/c1-4-42-31-16-9-8-15-30(31)37(44(40,41)29-19-17-28(43-3)18-20-29)23-32(38)36(22-25-11-10-12-26(34)21-25)24(2)33(39)35-27-13-6-5-7-14-27/h8-12,15-21,24,27H,4-7,13-14,22-23H2,1-3H3,(H,35,39). The Balaban J connectivity index is 1.72. The van der Waals surface area contributed by atoms with E-state index in [2.05, 4.69) is 5.32 Å². The predicted octanol–water partition coefficient (Wildman–Crippen LogP) is 6.52. The monoisotopic (exact) mass is 657 g/mol. The molecule has 3 aromatic carbocycles. The van der Waals surface area contributed by atoms with Gasteiger partial charge in [-0.2, -0.15) is 0 Å². The molecule has 1 unspecified atom stereocenters. The summed E-state index contributed by atoms with van der Waals surface area (Å²) in [4.78, 5) is 30.1. The lowest BCUT2D eigenvalue weighted by molar-refractivity contribution is -0.139. The number of nitrogens with zero attached hydrogens (tertiary/aromatic N) is 2. The van der Waals surface area contributed by atoms with Gasteiger partial charge in [0.05, 0.1) is 17.2 Å². The van der Waals surface area contributed by atoms with Gasteiger partial charge < -0.3 is 15.0 Å². The van der Waals surface area contributed by atoms with Crippen LogP contribution in [0.15, 0.2) is 82.6 Å². The molecule has 0 aromatic heterocycles. The Kier molecular flexibility index (Phi) is 12.0. The summed E-state index contributed by atoms with van der Waals surface area (Å²) in [5.41, 5.74) is 0.957. The smallest absolute Gasteiger partial charge is 0.264 e. The van der Waals surface area contributed by atoms with Crippen LogP contribution in [-0.2, 0) is 26.2 Å². The van der Waals surface area contributed by atoms with Gasteiger partial charge in [-0.05, 0) is 87.0 Å². The second-order valence-electron chi connectivity index (χ2n) is 10.8. The van der Waals surface area contributed by atoms with Crippen molar-refractivity contribution in [1.29, 1.82) is 0 Å². The molecule has 44 heavy (non-hydrogen) atoms. The Hall–Kier alpha value is -3.21. The van der Waals surface area contributed by atoms with Gasteiger partial charge in [0.1, 0.15) is 18.3 Å². The molecule has 1 aliphatic rings. The van der Waals surface area contributed by atoms with E-state index in [-0.39, 0.29) is 29.1 Å². The van der Waals surface area contributed by atoms with E-state index in [1.807, 2.05) is 12.3 Å². The number of carbonyl (C=O) groups excluding carboxylic acids is 2. The Labute approximate surface area is 270 Å². The molecule has 0 saturated heterocycles. The zero-order chi connectivity index (χ0) is 31.7. The van der Waals surface area contributed by atoms with Crippen LogP contribution < -0.4 is 14.4 Å². The van der Waals surface area contributed by atoms with Gasteiger partial charge in [-0.3, -0.25) is 13.9 Å². The lowest BCUT2D eigenvalue weighted by Crippen LogP contribution is -2.53. The number of benzene rings is 3. The first-order valence-electron chi connectivity index (χ1n) is 14.9. The first kappa shape index (κ1) is 33.7. The zero-order valence-corrected chi connectivity index (χ0v) is 27.8. The molecule has 1 fully saturated rings. The lowest BCUT2D eigenvalue weighted by atomic mass is 9.95. The number of sulfonamides is 1. The second-order valence-corrected chi connectivity index (χ2v) is 13.9. The number of nitrogens with one attached hydrogen (secondary N) is 1. The van der Waals surface area contributed by atoms with Crippen LogP contribution in [-0.4, -0.2) is 56.6 Å². The molecule has 1 atom stereocenters. The molecule has 0 bridgehead atoms. The highest BCUT2D eigenvalue weighted by Gasteiger charge is 2.34. The molecule has 0 aliphatic heterocycles. The highest BCUT2D eigenvalue weighted by molar-refractivity contribution is 7.98. The average molecular weight is 658 g/mol. The summed E-state index contributed by atoms with van der Waals surface area (Å²) in [6.07, 6.45) is 6.96. The molecule has 8 nitrogen and oxygen atoms in total. The minimum Gasteiger partial charge on any atom is -0.492 e. The summed E-state index contributed by atoms with van der Waals surface area (Å²) in [5.74, 6) is -0.479. The maximum Gasteiger partial charge on any atom is 0.264 e. The molecule has 1 aliphatic carbocycles. The van der Waals surface area contributed by atoms with Crippen molar-refractivity contribution < 1.29 is 22.7 Å². The molecule has 4 rings (SSSR count). The maximum absolute atomic E-state index is 14.3. The van der Waals surface area contributed by atoms with Crippen molar-refractivity contribution in [2.75, 3.05) is 23.7 Å². The fourth-order valence-corrected chi connectivity index (χ4v) is 7.36. The van der Waals surface area contributed by atoms with Gasteiger partial charge in [0.25, 0.3) is 10.0 Å². The third-order valence-corrected chi connectivity index (χ3v) is 10.5. The highest BCUT2D eigenvalue weighted by atomic mass is 35.5. The number of ether oxygens (including phenoxy) is 1. The van der Waals surface area contributed by atoms with Crippen molar-refractivity contribution in [3.05, 3.63) is 83.4 Å². The van der Waals surface area contributed by atoms with Crippen LogP contribution in [0.25, 0.3) is 0 Å². The second kappa shape index (κ2) is 15.7. The van der Waals surface area contributed by atoms with E-state index >= 15 is 0 Å². The summed E-state index contributed by atoms with van der Waals surface area (Å²) >= 11 is 7.75. The number of carbonyl (C=O) groups is 2. The molecule has 236 valence electrons. The van der Waals surface area contributed by atoms with Crippen molar-refractivity contribution in [1.82, 2.24) is 10.2 Å². The number of anilines is 1. The normalized spacial score (nSPS) is 14.5. The van der Waals surface area contributed by atoms with Crippen molar-refractivity contribution >= 4 is 50.9 Å². The lowest BCUT2D eigenvalue weighted by Gasteiger charge is -2.33. The Morgan fingerprint density at radius 1 is 1.02 bits per heavy atom. The van der Waals surface area contributed by atoms with E-state index in [0.29, 0.717) is 17.4 Å². The first-order valence-corrected chi connectivity index (χ1v) is 17.9. The van der Waals surface area contributed by atoms with Gasteiger partial charge in [-0.25, -0.2) is 8.42 Å². The summed E-state index contributed by atoms with van der Waals surface area (Å²) in [5, 5.41) is 3.61. The van der Waals surface area contributed by atoms with Gasteiger partial charge in [0, 0.05) is 22.5 Å². The number of amides is 2. The maximum atomic E-state index is 14.3. The first-order chi connectivity index (χ1) is 21.1. The number of halogens is 1. The predicted molar refractivity (Wildman–Crippen MR) is 177 cm³/mol. The number of para-hydroxylation sites is 2. The quantitative estimate of drug-likeness (QED) is 0.210. The summed E-state index contributed by atoms with van der Waals surface area (Å²) in [6.45, 7) is 3.32. The van der Waals surface area contributed by atoms with Crippen LogP contribution in [0.5, 0.6) is 5.75 Å². The van der Waals surface area contributed by atoms with Gasteiger partial charge in [0.2, 0.25) is 11.8 Å². The SMILES string of the molecule is CCOc1ccccc1N(CC(=O)N(Cc1cccc(Cl)c1)C(C)C(=O)NC1CCCCC1)S(=O)(=O)c1ccc(SC)cc1. The van der Waals surface area contributed by atoms with E-state index in [0.717, 1.165) is 46.9 Å².